The third-order valence-electron chi connectivity index (χ3n) is 1.80. The molecule has 0 saturated heterocycles. The van der Waals surface area contributed by atoms with E-state index in [1.807, 2.05) is 0 Å². The zero-order valence-corrected chi connectivity index (χ0v) is 9.80. The highest BCUT2D eigenvalue weighted by Crippen LogP contribution is 2.15. The van der Waals surface area contributed by atoms with E-state index in [1.165, 1.54) is 19.2 Å². The predicted molar refractivity (Wildman–Crippen MR) is 59.1 cm³/mol. The number of hydrogen-bond donors (Lipinski definition) is 1. The molecule has 82 valence electrons. The molecule has 0 fully saturated rings. The van der Waals surface area contributed by atoms with E-state index >= 15 is 0 Å². The van der Waals surface area contributed by atoms with Crippen LogP contribution in [0.15, 0.2) is 18.2 Å². The lowest BCUT2D eigenvalue weighted by atomic mass is 10.2. The number of ether oxygens (including phenoxy) is 1. The number of rotatable bonds is 4. The average molecular weight is 276 g/mol. The van der Waals surface area contributed by atoms with Gasteiger partial charge in [-0.05, 0) is 12.1 Å². The topological polar surface area (TPSA) is 38.3 Å². The SMILES string of the molecule is COc1ccc(C(=O)NCCBr)c(F)c1. The Morgan fingerprint density at radius 2 is 2.33 bits per heavy atom. The van der Waals surface area contributed by atoms with E-state index in [4.69, 9.17) is 4.74 Å². The first kappa shape index (κ1) is 12.0. The first-order valence-electron chi connectivity index (χ1n) is 4.36. The summed E-state index contributed by atoms with van der Waals surface area (Å²) >= 11 is 3.16. The molecular weight excluding hydrogens is 265 g/mol. The first-order chi connectivity index (χ1) is 7.19. The summed E-state index contributed by atoms with van der Waals surface area (Å²) in [6.45, 7) is 0.463. The average Bonchev–Trinajstić information content (AvgIpc) is 2.25. The second-order valence-electron chi connectivity index (χ2n) is 2.79. The Labute approximate surface area is 95.7 Å². The second kappa shape index (κ2) is 5.70. The van der Waals surface area contributed by atoms with Crippen LogP contribution in [0.5, 0.6) is 5.75 Å². The highest BCUT2D eigenvalue weighted by Gasteiger charge is 2.11. The monoisotopic (exact) mass is 275 g/mol. The van der Waals surface area contributed by atoms with E-state index in [-0.39, 0.29) is 5.56 Å². The third-order valence-corrected chi connectivity index (χ3v) is 2.20. The molecule has 5 heteroatoms. The van der Waals surface area contributed by atoms with Gasteiger partial charge in [-0.1, -0.05) is 15.9 Å². The lowest BCUT2D eigenvalue weighted by Crippen LogP contribution is -2.26. The van der Waals surface area contributed by atoms with Gasteiger partial charge in [0.2, 0.25) is 0 Å². The Balaban J connectivity index is 2.81. The van der Waals surface area contributed by atoms with Gasteiger partial charge >= 0.3 is 0 Å². The highest BCUT2D eigenvalue weighted by molar-refractivity contribution is 9.09. The fourth-order valence-corrected chi connectivity index (χ4v) is 1.26. The summed E-state index contributed by atoms with van der Waals surface area (Å²) in [4.78, 5) is 11.4. The summed E-state index contributed by atoms with van der Waals surface area (Å²) in [6.07, 6.45) is 0. The van der Waals surface area contributed by atoms with Crippen molar-refractivity contribution in [3.05, 3.63) is 29.6 Å². The largest absolute Gasteiger partial charge is 0.497 e. The van der Waals surface area contributed by atoms with Gasteiger partial charge in [-0.25, -0.2) is 4.39 Å². The van der Waals surface area contributed by atoms with Crippen LogP contribution in [-0.2, 0) is 0 Å². The van der Waals surface area contributed by atoms with Gasteiger partial charge in [0.05, 0.1) is 12.7 Å². The van der Waals surface area contributed by atoms with Crippen molar-refractivity contribution < 1.29 is 13.9 Å². The van der Waals surface area contributed by atoms with Crippen LogP contribution in [0.1, 0.15) is 10.4 Å². The van der Waals surface area contributed by atoms with Crippen molar-refractivity contribution in [2.45, 2.75) is 0 Å². The van der Waals surface area contributed by atoms with E-state index in [9.17, 15) is 9.18 Å². The number of carbonyl (C=O) groups is 1. The van der Waals surface area contributed by atoms with Crippen molar-refractivity contribution >= 4 is 21.8 Å². The molecule has 0 aliphatic rings. The van der Waals surface area contributed by atoms with Crippen LogP contribution in [0.25, 0.3) is 0 Å². The van der Waals surface area contributed by atoms with Gasteiger partial charge in [-0.15, -0.1) is 0 Å². The maximum absolute atomic E-state index is 13.4. The molecule has 1 N–H and O–H groups in total. The number of benzene rings is 1. The van der Waals surface area contributed by atoms with Gasteiger partial charge in [0.1, 0.15) is 11.6 Å². The number of alkyl halides is 1. The molecule has 15 heavy (non-hydrogen) atoms. The molecule has 0 saturated carbocycles. The van der Waals surface area contributed by atoms with Crippen molar-refractivity contribution in [2.75, 3.05) is 19.0 Å². The minimum atomic E-state index is -0.582. The molecule has 0 atom stereocenters. The van der Waals surface area contributed by atoms with E-state index in [0.717, 1.165) is 0 Å². The maximum atomic E-state index is 13.4. The standard InChI is InChI=1S/C10H11BrFNO2/c1-15-7-2-3-8(9(12)6-7)10(14)13-5-4-11/h2-3,6H,4-5H2,1H3,(H,13,14). The highest BCUT2D eigenvalue weighted by atomic mass is 79.9. The molecule has 0 unspecified atom stereocenters. The Morgan fingerprint density at radius 1 is 1.60 bits per heavy atom. The molecular formula is C10H11BrFNO2. The summed E-state index contributed by atoms with van der Waals surface area (Å²) in [7, 11) is 1.44. The molecule has 0 aromatic heterocycles. The van der Waals surface area contributed by atoms with Crippen molar-refractivity contribution in [2.24, 2.45) is 0 Å². The van der Waals surface area contributed by atoms with Gasteiger partial charge in [0.25, 0.3) is 5.91 Å². The number of amides is 1. The fraction of sp³-hybridized carbons (Fsp3) is 0.300. The minimum absolute atomic E-state index is 0.0248. The normalized spacial score (nSPS) is 9.80. The van der Waals surface area contributed by atoms with Gasteiger partial charge in [0, 0.05) is 17.9 Å². The number of halogens is 2. The van der Waals surface area contributed by atoms with E-state index < -0.39 is 11.7 Å². The number of nitrogens with one attached hydrogen (secondary N) is 1. The predicted octanol–water partition coefficient (Wildman–Crippen LogP) is 1.96. The van der Waals surface area contributed by atoms with Gasteiger partial charge in [0.15, 0.2) is 0 Å². The molecule has 0 radical (unpaired) electrons. The van der Waals surface area contributed by atoms with Crippen LogP contribution in [0.4, 0.5) is 4.39 Å². The summed E-state index contributed by atoms with van der Waals surface area (Å²) < 4.78 is 18.2. The van der Waals surface area contributed by atoms with Crippen molar-refractivity contribution in [3.63, 3.8) is 0 Å². The van der Waals surface area contributed by atoms with Crippen LogP contribution in [0.3, 0.4) is 0 Å². The third kappa shape index (κ3) is 3.20. The number of hydrogen-bond acceptors (Lipinski definition) is 2. The van der Waals surface area contributed by atoms with Crippen LogP contribution in [0.2, 0.25) is 0 Å². The molecule has 1 aromatic rings. The van der Waals surface area contributed by atoms with Crippen LogP contribution in [0, 0.1) is 5.82 Å². The van der Waals surface area contributed by atoms with Crippen LogP contribution < -0.4 is 10.1 Å². The summed E-state index contributed by atoms with van der Waals surface area (Å²) in [5.74, 6) is -0.611. The Hall–Kier alpha value is -1.10. The number of methoxy groups -OCH3 is 1. The van der Waals surface area contributed by atoms with Gasteiger partial charge in [-0.2, -0.15) is 0 Å². The molecule has 1 amide bonds. The summed E-state index contributed by atoms with van der Waals surface area (Å²) in [5.41, 5.74) is 0.0248. The van der Waals surface area contributed by atoms with Gasteiger partial charge in [-0.3, -0.25) is 4.79 Å². The lowest BCUT2D eigenvalue weighted by molar-refractivity contribution is 0.0952. The van der Waals surface area contributed by atoms with Crippen molar-refractivity contribution in [1.82, 2.24) is 5.32 Å². The van der Waals surface area contributed by atoms with E-state index in [0.29, 0.717) is 17.6 Å². The molecule has 1 rings (SSSR count). The van der Waals surface area contributed by atoms with Gasteiger partial charge < -0.3 is 10.1 Å². The Morgan fingerprint density at radius 3 is 2.87 bits per heavy atom. The molecule has 0 spiro atoms. The summed E-state index contributed by atoms with van der Waals surface area (Å²) in [5, 5.41) is 3.20. The minimum Gasteiger partial charge on any atom is -0.497 e. The Kier molecular flexibility index (Phi) is 4.55. The quantitative estimate of drug-likeness (QED) is 0.854. The number of carbonyl (C=O) groups excluding carboxylic acids is 1. The molecule has 0 aliphatic heterocycles. The van der Waals surface area contributed by atoms with Crippen molar-refractivity contribution in [1.29, 1.82) is 0 Å². The molecule has 0 heterocycles. The lowest BCUT2D eigenvalue weighted by Gasteiger charge is -2.05. The zero-order chi connectivity index (χ0) is 11.3. The molecule has 0 aliphatic carbocycles. The molecule has 3 nitrogen and oxygen atoms in total. The van der Waals surface area contributed by atoms with Crippen molar-refractivity contribution in [3.8, 4) is 5.75 Å². The maximum Gasteiger partial charge on any atom is 0.254 e. The summed E-state index contributed by atoms with van der Waals surface area (Å²) in [6, 6.07) is 4.13. The first-order valence-corrected chi connectivity index (χ1v) is 5.49. The van der Waals surface area contributed by atoms with E-state index in [2.05, 4.69) is 21.2 Å². The smallest absolute Gasteiger partial charge is 0.254 e. The van der Waals surface area contributed by atoms with Crippen LogP contribution in [-0.4, -0.2) is 24.9 Å². The van der Waals surface area contributed by atoms with E-state index in [1.54, 1.807) is 6.07 Å². The molecule has 0 bridgehead atoms. The Bertz CT molecular complexity index is 357. The second-order valence-corrected chi connectivity index (χ2v) is 3.58. The fourth-order valence-electron chi connectivity index (χ4n) is 1.06. The molecule has 1 aromatic carbocycles. The van der Waals surface area contributed by atoms with Crippen LogP contribution >= 0.6 is 15.9 Å². The zero-order valence-electron chi connectivity index (χ0n) is 8.22.